The van der Waals surface area contributed by atoms with Gasteiger partial charge in [-0.1, -0.05) is 41.9 Å². The second-order valence-electron chi connectivity index (χ2n) is 5.60. The summed E-state index contributed by atoms with van der Waals surface area (Å²) in [7, 11) is 0. The van der Waals surface area contributed by atoms with Crippen molar-refractivity contribution in [3.63, 3.8) is 0 Å². The van der Waals surface area contributed by atoms with Crippen molar-refractivity contribution in [3.05, 3.63) is 64.7 Å². The fraction of sp³-hybridized carbons (Fsp3) is 0.333. The molecule has 0 aliphatic heterocycles. The average molecular weight is 302 g/mol. The van der Waals surface area contributed by atoms with Gasteiger partial charge in [0.25, 0.3) is 0 Å². The molecule has 1 saturated carbocycles. The Balaban J connectivity index is 1.57. The fourth-order valence-electron chi connectivity index (χ4n) is 2.27. The fourth-order valence-corrected chi connectivity index (χ4v) is 2.39. The number of rotatable bonds is 7. The van der Waals surface area contributed by atoms with Gasteiger partial charge >= 0.3 is 0 Å². The Morgan fingerprint density at radius 2 is 1.81 bits per heavy atom. The van der Waals surface area contributed by atoms with Gasteiger partial charge in [-0.05, 0) is 49.1 Å². The number of hydrogen-bond acceptors (Lipinski definition) is 2. The monoisotopic (exact) mass is 301 g/mol. The van der Waals surface area contributed by atoms with Crippen LogP contribution in [0.3, 0.4) is 0 Å². The average Bonchev–Trinajstić information content (AvgIpc) is 3.32. The van der Waals surface area contributed by atoms with Crippen molar-refractivity contribution in [2.75, 3.05) is 6.54 Å². The molecule has 0 spiro atoms. The van der Waals surface area contributed by atoms with E-state index in [0.29, 0.717) is 6.61 Å². The van der Waals surface area contributed by atoms with E-state index in [1.807, 2.05) is 36.4 Å². The van der Waals surface area contributed by atoms with Crippen LogP contribution in [0, 0.1) is 5.92 Å². The summed E-state index contributed by atoms with van der Waals surface area (Å²) >= 11 is 5.89. The molecule has 0 aromatic heterocycles. The highest BCUT2D eigenvalue weighted by Gasteiger charge is 2.20. The Labute approximate surface area is 131 Å². The molecule has 0 unspecified atom stereocenters. The second-order valence-corrected chi connectivity index (χ2v) is 6.03. The lowest BCUT2D eigenvalue weighted by Gasteiger charge is -2.12. The molecule has 0 heterocycles. The first-order valence-electron chi connectivity index (χ1n) is 7.47. The summed E-state index contributed by atoms with van der Waals surface area (Å²) in [6.45, 7) is 2.55. The quantitative estimate of drug-likeness (QED) is 0.817. The van der Waals surface area contributed by atoms with Crippen LogP contribution in [0.2, 0.25) is 5.02 Å². The van der Waals surface area contributed by atoms with Crippen molar-refractivity contribution in [2.45, 2.75) is 26.0 Å². The Morgan fingerprint density at radius 1 is 1.05 bits per heavy atom. The molecule has 1 aliphatic carbocycles. The van der Waals surface area contributed by atoms with Gasteiger partial charge in [-0.3, -0.25) is 0 Å². The number of halogens is 1. The van der Waals surface area contributed by atoms with Crippen molar-refractivity contribution in [1.29, 1.82) is 0 Å². The summed E-state index contributed by atoms with van der Waals surface area (Å²) in [5, 5.41) is 4.27. The predicted molar refractivity (Wildman–Crippen MR) is 86.7 cm³/mol. The van der Waals surface area contributed by atoms with Crippen molar-refractivity contribution < 1.29 is 4.74 Å². The van der Waals surface area contributed by atoms with Gasteiger partial charge in [0.05, 0.1) is 0 Å². The minimum atomic E-state index is 0.566. The minimum absolute atomic E-state index is 0.566. The van der Waals surface area contributed by atoms with E-state index in [1.54, 1.807) is 0 Å². The minimum Gasteiger partial charge on any atom is -0.489 e. The Bertz CT molecular complexity index is 578. The predicted octanol–water partition coefficient (Wildman–Crippen LogP) is 4.42. The van der Waals surface area contributed by atoms with Gasteiger partial charge in [-0.25, -0.2) is 0 Å². The summed E-state index contributed by atoms with van der Waals surface area (Å²) in [6, 6.07) is 16.0. The van der Waals surface area contributed by atoms with Crippen molar-refractivity contribution in [1.82, 2.24) is 5.32 Å². The van der Waals surface area contributed by atoms with Crippen LogP contribution in [0.5, 0.6) is 5.75 Å². The van der Waals surface area contributed by atoms with Crippen molar-refractivity contribution in [2.24, 2.45) is 5.92 Å². The van der Waals surface area contributed by atoms with E-state index in [1.165, 1.54) is 18.4 Å². The van der Waals surface area contributed by atoms with Crippen LogP contribution < -0.4 is 10.1 Å². The topological polar surface area (TPSA) is 21.3 Å². The van der Waals surface area contributed by atoms with Gasteiger partial charge in [-0.2, -0.15) is 0 Å². The number of benzene rings is 2. The summed E-state index contributed by atoms with van der Waals surface area (Å²) in [6.07, 6.45) is 2.75. The molecule has 3 heteroatoms. The van der Waals surface area contributed by atoms with Gasteiger partial charge in [0.1, 0.15) is 12.4 Å². The molecule has 1 fully saturated rings. The number of ether oxygens (including phenoxy) is 1. The van der Waals surface area contributed by atoms with Crippen molar-refractivity contribution in [3.8, 4) is 5.75 Å². The normalized spacial score (nSPS) is 14.1. The molecule has 0 bridgehead atoms. The highest BCUT2D eigenvalue weighted by molar-refractivity contribution is 6.30. The summed E-state index contributed by atoms with van der Waals surface area (Å²) in [5.41, 5.74) is 2.34. The van der Waals surface area contributed by atoms with Crippen LogP contribution in [0.1, 0.15) is 24.0 Å². The van der Waals surface area contributed by atoms with Gasteiger partial charge in [0.2, 0.25) is 0 Å². The maximum absolute atomic E-state index is 5.95. The van der Waals surface area contributed by atoms with Crippen LogP contribution in [0.25, 0.3) is 0 Å². The number of para-hydroxylation sites is 1. The molecule has 0 amide bonds. The van der Waals surface area contributed by atoms with Gasteiger partial charge in [0.15, 0.2) is 0 Å². The van der Waals surface area contributed by atoms with Gasteiger partial charge in [-0.15, -0.1) is 0 Å². The first kappa shape index (κ1) is 14.4. The third-order valence-electron chi connectivity index (χ3n) is 3.73. The zero-order valence-corrected chi connectivity index (χ0v) is 12.8. The van der Waals surface area contributed by atoms with Crippen molar-refractivity contribution >= 4 is 11.6 Å². The Kier molecular flexibility index (Phi) is 4.79. The van der Waals surface area contributed by atoms with Crippen LogP contribution in [-0.4, -0.2) is 6.54 Å². The second kappa shape index (κ2) is 6.97. The first-order chi connectivity index (χ1) is 10.3. The SMILES string of the molecule is Clc1ccc(COc2ccccc2CNCC2CC2)cc1. The molecule has 2 nitrogen and oxygen atoms in total. The molecule has 0 saturated heterocycles. The molecule has 2 aromatic carbocycles. The summed E-state index contributed by atoms with van der Waals surface area (Å²) in [4.78, 5) is 0. The maximum Gasteiger partial charge on any atom is 0.124 e. The highest BCUT2D eigenvalue weighted by atomic mass is 35.5. The maximum atomic E-state index is 5.95. The Hall–Kier alpha value is -1.51. The van der Waals surface area contributed by atoms with Gasteiger partial charge < -0.3 is 10.1 Å². The van der Waals surface area contributed by atoms with Crippen LogP contribution in [0.4, 0.5) is 0 Å². The molecule has 21 heavy (non-hydrogen) atoms. The van der Waals surface area contributed by atoms with E-state index in [9.17, 15) is 0 Å². The highest BCUT2D eigenvalue weighted by Crippen LogP contribution is 2.28. The third-order valence-corrected chi connectivity index (χ3v) is 3.98. The summed E-state index contributed by atoms with van der Waals surface area (Å²) < 4.78 is 5.95. The molecule has 1 aliphatic rings. The molecular formula is C18H20ClNO. The first-order valence-corrected chi connectivity index (χ1v) is 7.85. The largest absolute Gasteiger partial charge is 0.489 e. The lowest BCUT2D eigenvalue weighted by molar-refractivity contribution is 0.302. The zero-order valence-electron chi connectivity index (χ0n) is 12.0. The van der Waals surface area contributed by atoms with E-state index >= 15 is 0 Å². The Morgan fingerprint density at radius 3 is 2.57 bits per heavy atom. The van der Waals surface area contributed by atoms with E-state index in [0.717, 1.165) is 35.3 Å². The molecule has 3 rings (SSSR count). The summed E-state index contributed by atoms with van der Waals surface area (Å²) in [5.74, 6) is 1.85. The molecule has 1 N–H and O–H groups in total. The molecule has 0 atom stereocenters. The molecule has 2 aromatic rings. The van der Waals surface area contributed by atoms with E-state index < -0.39 is 0 Å². The van der Waals surface area contributed by atoms with Crippen LogP contribution >= 0.6 is 11.6 Å². The smallest absolute Gasteiger partial charge is 0.124 e. The van der Waals surface area contributed by atoms with Crippen LogP contribution in [-0.2, 0) is 13.2 Å². The number of hydrogen-bond donors (Lipinski definition) is 1. The molecule has 0 radical (unpaired) electrons. The molecular weight excluding hydrogens is 282 g/mol. The van der Waals surface area contributed by atoms with E-state index in [-0.39, 0.29) is 0 Å². The standard InChI is InChI=1S/C18H20ClNO/c19-17-9-7-15(8-10-17)13-21-18-4-2-1-3-16(18)12-20-11-14-5-6-14/h1-4,7-10,14,20H,5-6,11-13H2. The molecule has 110 valence electrons. The van der Waals surface area contributed by atoms with E-state index in [2.05, 4.69) is 17.4 Å². The van der Waals surface area contributed by atoms with Gasteiger partial charge in [0, 0.05) is 17.1 Å². The number of nitrogens with one attached hydrogen (secondary N) is 1. The lowest BCUT2D eigenvalue weighted by Crippen LogP contribution is -2.16. The zero-order chi connectivity index (χ0) is 14.5. The lowest BCUT2D eigenvalue weighted by atomic mass is 10.2. The van der Waals surface area contributed by atoms with Crippen LogP contribution in [0.15, 0.2) is 48.5 Å². The third kappa shape index (κ3) is 4.48. The van der Waals surface area contributed by atoms with E-state index in [4.69, 9.17) is 16.3 Å².